The fraction of sp³-hybridized carbons (Fsp3) is 0.280. The van der Waals surface area contributed by atoms with Gasteiger partial charge in [-0.3, -0.25) is 0 Å². The second kappa shape index (κ2) is 7.45. The van der Waals surface area contributed by atoms with Crippen molar-refractivity contribution >= 4 is 10.9 Å². The van der Waals surface area contributed by atoms with E-state index in [9.17, 15) is 0 Å². The molecule has 146 valence electrons. The summed E-state index contributed by atoms with van der Waals surface area (Å²) in [7, 11) is 0. The zero-order valence-corrected chi connectivity index (χ0v) is 16.9. The fourth-order valence-electron chi connectivity index (χ4n) is 4.50. The minimum Gasteiger partial charge on any atom is -0.357 e. The third-order valence-corrected chi connectivity index (χ3v) is 6.07. The number of aromatic nitrogens is 3. The van der Waals surface area contributed by atoms with E-state index in [4.69, 9.17) is 0 Å². The fourth-order valence-corrected chi connectivity index (χ4v) is 4.50. The van der Waals surface area contributed by atoms with Crippen molar-refractivity contribution < 1.29 is 0 Å². The summed E-state index contributed by atoms with van der Waals surface area (Å²) in [5.41, 5.74) is 7.56. The van der Waals surface area contributed by atoms with Gasteiger partial charge in [0.2, 0.25) is 0 Å². The maximum Gasteiger partial charge on any atom is 0.125 e. The molecule has 0 spiro atoms. The van der Waals surface area contributed by atoms with E-state index < -0.39 is 0 Å². The molecule has 4 nitrogen and oxygen atoms in total. The lowest BCUT2D eigenvalue weighted by Gasteiger charge is -2.27. The Bertz CT molecular complexity index is 1130. The van der Waals surface area contributed by atoms with Gasteiger partial charge in [-0.25, -0.2) is 9.97 Å². The average Bonchev–Trinajstić information content (AvgIpc) is 3.14. The molecule has 5 rings (SSSR count). The van der Waals surface area contributed by atoms with Crippen molar-refractivity contribution in [1.29, 1.82) is 0 Å². The third-order valence-electron chi connectivity index (χ3n) is 6.07. The standard InChI is InChI=1S/C25H26N4/c1-16(18-7-4-3-5-8-18)28-23-10-6-9-22-21-12-11-19(13-24(21)29-25(22)23)20-14-26-17(2)27-15-20/h3-5,7-8,11-16,23,28-29H,6,9-10H2,1-2H3. The lowest BCUT2D eigenvalue weighted by atomic mass is 9.90. The molecule has 0 saturated heterocycles. The summed E-state index contributed by atoms with van der Waals surface area (Å²) in [6, 6.07) is 18.0. The Kier molecular flexibility index (Phi) is 4.64. The van der Waals surface area contributed by atoms with E-state index in [0.29, 0.717) is 12.1 Å². The quantitative estimate of drug-likeness (QED) is 0.479. The van der Waals surface area contributed by atoms with Gasteiger partial charge < -0.3 is 10.3 Å². The number of aromatic amines is 1. The summed E-state index contributed by atoms with van der Waals surface area (Å²) in [6.07, 6.45) is 7.32. The highest BCUT2D eigenvalue weighted by Gasteiger charge is 2.25. The van der Waals surface area contributed by atoms with Crippen molar-refractivity contribution in [1.82, 2.24) is 20.3 Å². The maximum atomic E-state index is 4.34. The molecule has 2 aromatic heterocycles. The SMILES string of the molecule is Cc1ncc(-c2ccc3c4c([nH]c3c2)C(NC(C)c2ccccc2)CCC4)cn1. The highest BCUT2D eigenvalue weighted by Crippen LogP contribution is 2.37. The number of rotatable bonds is 4. The first-order chi connectivity index (χ1) is 14.2. The molecule has 4 aromatic rings. The minimum absolute atomic E-state index is 0.318. The molecule has 2 unspecified atom stereocenters. The average molecular weight is 383 g/mol. The van der Waals surface area contributed by atoms with Crippen LogP contribution >= 0.6 is 0 Å². The number of hydrogen-bond acceptors (Lipinski definition) is 3. The van der Waals surface area contributed by atoms with Crippen molar-refractivity contribution in [2.45, 2.75) is 45.2 Å². The van der Waals surface area contributed by atoms with Crippen LogP contribution in [-0.2, 0) is 6.42 Å². The predicted molar refractivity (Wildman–Crippen MR) is 118 cm³/mol. The van der Waals surface area contributed by atoms with Crippen LogP contribution in [0.15, 0.2) is 60.9 Å². The maximum absolute atomic E-state index is 4.34. The second-order valence-electron chi connectivity index (χ2n) is 8.04. The zero-order valence-electron chi connectivity index (χ0n) is 16.9. The molecule has 0 amide bonds. The van der Waals surface area contributed by atoms with Crippen LogP contribution in [-0.4, -0.2) is 15.0 Å². The number of hydrogen-bond donors (Lipinski definition) is 2. The van der Waals surface area contributed by atoms with E-state index in [1.165, 1.54) is 34.1 Å². The third kappa shape index (κ3) is 3.45. The lowest BCUT2D eigenvalue weighted by Crippen LogP contribution is -2.27. The second-order valence-corrected chi connectivity index (χ2v) is 8.04. The van der Waals surface area contributed by atoms with Crippen LogP contribution in [0.5, 0.6) is 0 Å². The van der Waals surface area contributed by atoms with Crippen molar-refractivity contribution in [3.05, 3.63) is 83.6 Å². The molecule has 29 heavy (non-hydrogen) atoms. The van der Waals surface area contributed by atoms with Crippen LogP contribution < -0.4 is 5.32 Å². The molecule has 2 N–H and O–H groups in total. The zero-order chi connectivity index (χ0) is 19.8. The van der Waals surface area contributed by atoms with Gasteiger partial charge in [0.25, 0.3) is 0 Å². The van der Waals surface area contributed by atoms with Crippen LogP contribution in [0.4, 0.5) is 0 Å². The first kappa shape index (κ1) is 18.1. The predicted octanol–water partition coefficient (Wildman–Crippen LogP) is 5.66. The molecule has 1 aliphatic rings. The molecule has 2 atom stereocenters. The molecule has 0 saturated carbocycles. The van der Waals surface area contributed by atoms with Crippen LogP contribution in [0.3, 0.4) is 0 Å². The Morgan fingerprint density at radius 1 is 1.03 bits per heavy atom. The number of nitrogens with zero attached hydrogens (tertiary/aromatic N) is 2. The van der Waals surface area contributed by atoms with Crippen LogP contribution in [0.25, 0.3) is 22.0 Å². The summed E-state index contributed by atoms with van der Waals surface area (Å²) < 4.78 is 0. The molecule has 1 aliphatic carbocycles. The topological polar surface area (TPSA) is 53.6 Å². The first-order valence-corrected chi connectivity index (χ1v) is 10.4. The molecule has 2 aromatic carbocycles. The molecule has 0 fully saturated rings. The lowest BCUT2D eigenvalue weighted by molar-refractivity contribution is 0.410. The number of nitrogens with one attached hydrogen (secondary N) is 2. The van der Waals surface area contributed by atoms with Gasteiger partial charge in [0.1, 0.15) is 5.82 Å². The molecule has 2 heterocycles. The van der Waals surface area contributed by atoms with Gasteiger partial charge >= 0.3 is 0 Å². The summed E-state index contributed by atoms with van der Waals surface area (Å²) in [5, 5.41) is 5.20. The normalized spacial score (nSPS) is 17.2. The van der Waals surface area contributed by atoms with E-state index in [1.807, 2.05) is 19.3 Å². The summed E-state index contributed by atoms with van der Waals surface area (Å²) >= 11 is 0. The van der Waals surface area contributed by atoms with E-state index >= 15 is 0 Å². The van der Waals surface area contributed by atoms with Crippen LogP contribution in [0.2, 0.25) is 0 Å². The van der Waals surface area contributed by atoms with Gasteiger partial charge in [0.15, 0.2) is 0 Å². The Morgan fingerprint density at radius 3 is 2.62 bits per heavy atom. The van der Waals surface area contributed by atoms with Crippen LogP contribution in [0, 0.1) is 6.92 Å². The van der Waals surface area contributed by atoms with Crippen molar-refractivity contribution in [3.8, 4) is 11.1 Å². The number of benzene rings is 2. The molecular formula is C25H26N4. The van der Waals surface area contributed by atoms with Crippen LogP contribution in [0.1, 0.15) is 54.5 Å². The molecule has 4 heteroatoms. The highest BCUT2D eigenvalue weighted by atomic mass is 15.0. The van der Waals surface area contributed by atoms with Gasteiger partial charge in [-0.2, -0.15) is 0 Å². The van der Waals surface area contributed by atoms with Gasteiger partial charge in [0.05, 0.1) is 0 Å². The Labute approximate surface area is 171 Å². The Balaban J connectivity index is 1.48. The van der Waals surface area contributed by atoms with Crippen molar-refractivity contribution in [2.75, 3.05) is 0 Å². The monoisotopic (exact) mass is 382 g/mol. The van der Waals surface area contributed by atoms with E-state index in [2.05, 4.69) is 75.7 Å². The van der Waals surface area contributed by atoms with E-state index in [1.54, 1.807) is 0 Å². The highest BCUT2D eigenvalue weighted by molar-refractivity contribution is 5.89. The van der Waals surface area contributed by atoms with Gasteiger partial charge in [-0.1, -0.05) is 42.5 Å². The molecular weight excluding hydrogens is 356 g/mol. The molecule has 0 aliphatic heterocycles. The summed E-state index contributed by atoms with van der Waals surface area (Å²) in [4.78, 5) is 12.4. The number of aryl methyl sites for hydroxylation is 2. The largest absolute Gasteiger partial charge is 0.357 e. The van der Waals surface area contributed by atoms with Gasteiger partial charge in [-0.05, 0) is 55.9 Å². The summed E-state index contributed by atoms with van der Waals surface area (Å²) in [6.45, 7) is 4.16. The molecule has 0 radical (unpaired) electrons. The number of H-pyrrole nitrogens is 1. The van der Waals surface area contributed by atoms with E-state index in [0.717, 1.165) is 29.8 Å². The van der Waals surface area contributed by atoms with Crippen molar-refractivity contribution in [3.63, 3.8) is 0 Å². The van der Waals surface area contributed by atoms with Gasteiger partial charge in [0, 0.05) is 46.6 Å². The Hall–Kier alpha value is -2.98. The smallest absolute Gasteiger partial charge is 0.125 e. The number of fused-ring (bicyclic) bond motifs is 3. The van der Waals surface area contributed by atoms with Gasteiger partial charge in [-0.15, -0.1) is 0 Å². The first-order valence-electron chi connectivity index (χ1n) is 10.4. The van der Waals surface area contributed by atoms with E-state index in [-0.39, 0.29) is 0 Å². The summed E-state index contributed by atoms with van der Waals surface area (Å²) in [5.74, 6) is 0.798. The molecule has 0 bridgehead atoms. The van der Waals surface area contributed by atoms with Crippen molar-refractivity contribution in [2.24, 2.45) is 0 Å². The Morgan fingerprint density at radius 2 is 1.83 bits per heavy atom. The minimum atomic E-state index is 0.318.